The molecule has 0 bridgehead atoms. The topological polar surface area (TPSA) is 123 Å². The van der Waals surface area contributed by atoms with Crippen LogP contribution < -0.4 is 22.1 Å². The highest BCUT2D eigenvalue weighted by atomic mass is 19.1. The molecule has 150 valence electrons. The van der Waals surface area contributed by atoms with Crippen LogP contribution in [0.15, 0.2) is 54.7 Å². The minimum Gasteiger partial charge on any atom is -0.383 e. The van der Waals surface area contributed by atoms with Gasteiger partial charge in [-0.05, 0) is 48.9 Å². The Morgan fingerprint density at radius 2 is 1.87 bits per heavy atom. The second-order valence-corrected chi connectivity index (χ2v) is 6.41. The lowest BCUT2D eigenvalue weighted by Crippen LogP contribution is -2.20. The first-order valence-corrected chi connectivity index (χ1v) is 8.83. The van der Waals surface area contributed by atoms with E-state index in [0.717, 1.165) is 5.56 Å². The number of nitrogens with one attached hydrogen (secondary N) is 2. The van der Waals surface area contributed by atoms with Gasteiger partial charge in [-0.1, -0.05) is 24.0 Å². The lowest BCUT2D eigenvalue weighted by atomic mass is 10.1. The summed E-state index contributed by atoms with van der Waals surface area (Å²) in [6, 6.07) is 12.1. The molecule has 0 fully saturated rings. The molecule has 1 aromatic heterocycles. The lowest BCUT2D eigenvalue weighted by Gasteiger charge is -2.09. The number of amides is 3. The first-order chi connectivity index (χ1) is 14.3. The van der Waals surface area contributed by atoms with Crippen molar-refractivity contribution in [3.05, 3.63) is 82.8 Å². The van der Waals surface area contributed by atoms with Gasteiger partial charge in [-0.3, -0.25) is 4.79 Å². The van der Waals surface area contributed by atoms with Crippen LogP contribution in [0.2, 0.25) is 0 Å². The Labute approximate surface area is 172 Å². The van der Waals surface area contributed by atoms with Gasteiger partial charge in [0, 0.05) is 17.4 Å². The summed E-state index contributed by atoms with van der Waals surface area (Å²) < 4.78 is 13.8. The number of carbonyl (C=O) groups is 2. The van der Waals surface area contributed by atoms with Gasteiger partial charge in [0.1, 0.15) is 11.6 Å². The Bertz CT molecular complexity index is 1200. The Morgan fingerprint density at radius 1 is 1.07 bits per heavy atom. The number of carbonyl (C=O) groups excluding carboxylic acids is 2. The van der Waals surface area contributed by atoms with E-state index in [2.05, 4.69) is 27.5 Å². The van der Waals surface area contributed by atoms with Gasteiger partial charge >= 0.3 is 6.03 Å². The SMILES string of the molecule is Cc1ccc(F)c(NC(=O)Nc2cccc(C#Cc3cc(C(N)=O)cnc3N)c2)c1. The van der Waals surface area contributed by atoms with Crippen molar-refractivity contribution in [3.63, 3.8) is 0 Å². The first kappa shape index (κ1) is 20.4. The fourth-order valence-corrected chi connectivity index (χ4v) is 2.54. The number of aryl methyl sites for hydroxylation is 1. The molecule has 3 rings (SSSR count). The van der Waals surface area contributed by atoms with Gasteiger partial charge in [0.25, 0.3) is 0 Å². The normalized spacial score (nSPS) is 9.93. The van der Waals surface area contributed by atoms with E-state index >= 15 is 0 Å². The summed E-state index contributed by atoms with van der Waals surface area (Å²) in [7, 11) is 0. The van der Waals surface area contributed by atoms with Crippen LogP contribution in [-0.2, 0) is 0 Å². The Morgan fingerprint density at radius 3 is 2.63 bits per heavy atom. The summed E-state index contributed by atoms with van der Waals surface area (Å²) in [5.41, 5.74) is 13.5. The first-order valence-electron chi connectivity index (χ1n) is 8.83. The molecule has 0 saturated carbocycles. The molecule has 0 unspecified atom stereocenters. The van der Waals surface area contributed by atoms with Gasteiger partial charge in [0.15, 0.2) is 0 Å². The van der Waals surface area contributed by atoms with Gasteiger partial charge in [0.05, 0.1) is 16.8 Å². The van der Waals surface area contributed by atoms with Gasteiger partial charge < -0.3 is 22.1 Å². The molecule has 0 aliphatic rings. The van der Waals surface area contributed by atoms with Crippen molar-refractivity contribution in [2.75, 3.05) is 16.4 Å². The van der Waals surface area contributed by atoms with Gasteiger partial charge in [-0.25, -0.2) is 14.2 Å². The molecule has 2 aromatic carbocycles. The molecule has 30 heavy (non-hydrogen) atoms. The van der Waals surface area contributed by atoms with E-state index in [1.54, 1.807) is 37.3 Å². The van der Waals surface area contributed by atoms with Crippen LogP contribution in [0.1, 0.15) is 27.0 Å². The van der Waals surface area contributed by atoms with E-state index in [9.17, 15) is 14.0 Å². The molecule has 0 radical (unpaired) electrons. The van der Waals surface area contributed by atoms with Crippen LogP contribution in [0, 0.1) is 24.6 Å². The zero-order chi connectivity index (χ0) is 21.7. The molecular weight excluding hydrogens is 385 g/mol. The van der Waals surface area contributed by atoms with E-state index in [1.807, 2.05) is 0 Å². The fourth-order valence-electron chi connectivity index (χ4n) is 2.54. The molecule has 0 atom stereocenters. The van der Waals surface area contributed by atoms with Crippen LogP contribution in [0.25, 0.3) is 0 Å². The summed E-state index contributed by atoms with van der Waals surface area (Å²) in [5.74, 6) is 4.74. The smallest absolute Gasteiger partial charge is 0.323 e. The van der Waals surface area contributed by atoms with Crippen LogP contribution >= 0.6 is 0 Å². The molecular formula is C22H18FN5O2. The van der Waals surface area contributed by atoms with Crippen LogP contribution in [0.5, 0.6) is 0 Å². The third-order valence-corrected chi connectivity index (χ3v) is 4.04. The highest BCUT2D eigenvalue weighted by Gasteiger charge is 2.08. The number of anilines is 3. The second-order valence-electron chi connectivity index (χ2n) is 6.41. The van der Waals surface area contributed by atoms with Gasteiger partial charge in [-0.15, -0.1) is 0 Å². The van der Waals surface area contributed by atoms with Gasteiger partial charge in [-0.2, -0.15) is 0 Å². The molecule has 3 amide bonds. The van der Waals surface area contributed by atoms with E-state index < -0.39 is 17.8 Å². The Balaban J connectivity index is 1.75. The molecule has 8 heteroatoms. The summed E-state index contributed by atoms with van der Waals surface area (Å²) >= 11 is 0. The summed E-state index contributed by atoms with van der Waals surface area (Å²) in [6.07, 6.45) is 1.28. The van der Waals surface area contributed by atoms with Gasteiger partial charge in [0.2, 0.25) is 5.91 Å². The minimum atomic E-state index is -0.632. The third-order valence-electron chi connectivity index (χ3n) is 4.04. The highest BCUT2D eigenvalue weighted by Crippen LogP contribution is 2.17. The number of aromatic nitrogens is 1. The maximum Gasteiger partial charge on any atom is 0.323 e. The molecule has 1 heterocycles. The highest BCUT2D eigenvalue weighted by molar-refractivity contribution is 6.00. The monoisotopic (exact) mass is 403 g/mol. The lowest BCUT2D eigenvalue weighted by molar-refractivity contribution is 0.1000. The van der Waals surface area contributed by atoms with E-state index in [0.29, 0.717) is 16.8 Å². The summed E-state index contributed by atoms with van der Waals surface area (Å²) in [4.78, 5) is 27.4. The second kappa shape index (κ2) is 8.75. The molecule has 0 saturated heterocycles. The maximum atomic E-state index is 13.8. The Hall–Kier alpha value is -4.38. The number of hydrogen-bond acceptors (Lipinski definition) is 4. The zero-order valence-electron chi connectivity index (χ0n) is 16.0. The van der Waals surface area contributed by atoms with Crippen molar-refractivity contribution < 1.29 is 14.0 Å². The molecule has 3 aromatic rings. The summed E-state index contributed by atoms with van der Waals surface area (Å²) in [5, 5.41) is 5.10. The Kier molecular flexibility index (Phi) is 5.94. The van der Waals surface area contributed by atoms with Crippen molar-refractivity contribution in [2.45, 2.75) is 6.92 Å². The van der Waals surface area contributed by atoms with Crippen molar-refractivity contribution in [3.8, 4) is 11.8 Å². The summed E-state index contributed by atoms with van der Waals surface area (Å²) in [6.45, 7) is 1.80. The fraction of sp³-hybridized carbons (Fsp3) is 0.0455. The number of pyridine rings is 1. The predicted octanol–water partition coefficient (Wildman–Crippen LogP) is 3.25. The predicted molar refractivity (Wildman–Crippen MR) is 113 cm³/mol. The average Bonchev–Trinajstić information content (AvgIpc) is 2.70. The van der Waals surface area contributed by atoms with E-state index in [-0.39, 0.29) is 17.1 Å². The van der Waals surface area contributed by atoms with Crippen molar-refractivity contribution in [2.24, 2.45) is 5.73 Å². The van der Waals surface area contributed by atoms with Crippen LogP contribution in [0.3, 0.4) is 0 Å². The van der Waals surface area contributed by atoms with E-state index in [1.165, 1.54) is 24.4 Å². The average molecular weight is 403 g/mol. The molecule has 0 aliphatic carbocycles. The zero-order valence-corrected chi connectivity index (χ0v) is 16.0. The molecule has 6 N–H and O–H groups in total. The van der Waals surface area contributed by atoms with Crippen molar-refractivity contribution >= 4 is 29.1 Å². The number of hydrogen-bond donors (Lipinski definition) is 4. The third kappa shape index (κ3) is 5.11. The maximum absolute atomic E-state index is 13.8. The quantitative estimate of drug-likeness (QED) is 0.501. The number of urea groups is 1. The molecule has 0 aliphatic heterocycles. The minimum absolute atomic E-state index is 0.0840. The molecule has 7 nitrogen and oxygen atoms in total. The number of halogens is 1. The number of primary amides is 1. The van der Waals surface area contributed by atoms with Crippen molar-refractivity contribution in [1.82, 2.24) is 4.98 Å². The number of rotatable bonds is 3. The number of nitrogens with two attached hydrogens (primary N) is 2. The molecule has 0 spiro atoms. The van der Waals surface area contributed by atoms with Crippen molar-refractivity contribution in [1.29, 1.82) is 0 Å². The van der Waals surface area contributed by atoms with Crippen LogP contribution in [-0.4, -0.2) is 16.9 Å². The standard InChI is InChI=1S/C22H18FN5O2/c1-13-5-8-18(23)19(9-13)28-22(30)27-17-4-2-3-14(10-17)6-7-15-11-16(21(25)29)12-26-20(15)24/h2-5,8-12H,1H3,(H2,24,26)(H2,25,29)(H2,27,28,30). The largest absolute Gasteiger partial charge is 0.383 e. The van der Waals surface area contributed by atoms with E-state index in [4.69, 9.17) is 11.5 Å². The number of nitrogen functional groups attached to an aromatic ring is 1. The number of benzene rings is 2. The van der Waals surface area contributed by atoms with Crippen LogP contribution in [0.4, 0.5) is 26.4 Å². The number of nitrogens with zero attached hydrogens (tertiary/aromatic N) is 1.